The van der Waals surface area contributed by atoms with Gasteiger partial charge in [-0.25, -0.2) is 0 Å². The second-order valence-corrected chi connectivity index (χ2v) is 5.34. The summed E-state index contributed by atoms with van der Waals surface area (Å²) >= 11 is 0. The molecule has 4 heteroatoms. The van der Waals surface area contributed by atoms with Crippen molar-refractivity contribution >= 4 is 0 Å². The number of ether oxygens (including phenoxy) is 1. The van der Waals surface area contributed by atoms with Crippen LogP contribution in [0.4, 0.5) is 0 Å². The van der Waals surface area contributed by atoms with E-state index in [-0.39, 0.29) is 6.04 Å². The lowest BCUT2D eigenvalue weighted by Gasteiger charge is -2.28. The van der Waals surface area contributed by atoms with Crippen LogP contribution in [0, 0.1) is 5.92 Å². The molecule has 1 fully saturated rings. The molecule has 0 spiro atoms. The van der Waals surface area contributed by atoms with E-state index in [9.17, 15) is 0 Å². The maximum Gasteiger partial charge on any atom is 0.142 e. The number of rotatable bonds is 4. The van der Waals surface area contributed by atoms with Gasteiger partial charge in [0.1, 0.15) is 11.4 Å². The number of nitrogens with two attached hydrogens (primary N) is 1. The van der Waals surface area contributed by atoms with Crippen molar-refractivity contribution in [1.29, 1.82) is 0 Å². The van der Waals surface area contributed by atoms with Crippen LogP contribution in [0.3, 0.4) is 0 Å². The fourth-order valence-corrected chi connectivity index (χ4v) is 3.07. The van der Waals surface area contributed by atoms with Crippen molar-refractivity contribution in [3.05, 3.63) is 24.0 Å². The molecule has 1 heterocycles. The summed E-state index contributed by atoms with van der Waals surface area (Å²) in [6, 6.07) is 3.94. The summed E-state index contributed by atoms with van der Waals surface area (Å²) in [5.74, 6) is 7.18. The maximum atomic E-state index is 5.80. The first-order valence-corrected chi connectivity index (χ1v) is 7.32. The number of pyridine rings is 1. The van der Waals surface area contributed by atoms with E-state index < -0.39 is 0 Å². The minimum atomic E-state index is 0.0919. The minimum Gasteiger partial charge on any atom is -0.495 e. The Morgan fingerprint density at radius 3 is 2.58 bits per heavy atom. The standard InChI is InChI=1S/C15H25N3O/c1-19-13-10-7-11-17-15(13)14(18-16)12-8-5-3-2-4-6-9-12/h7,10-12,14,18H,2-6,8-9,16H2,1H3. The number of hydrogen-bond donors (Lipinski definition) is 2. The van der Waals surface area contributed by atoms with Crippen LogP contribution in [0.5, 0.6) is 5.75 Å². The summed E-state index contributed by atoms with van der Waals surface area (Å²) in [5.41, 5.74) is 3.91. The zero-order valence-corrected chi connectivity index (χ0v) is 11.8. The molecule has 1 atom stereocenters. The molecule has 0 amide bonds. The molecule has 1 aliphatic rings. The topological polar surface area (TPSA) is 60.2 Å². The first kappa shape index (κ1) is 14.3. The first-order chi connectivity index (χ1) is 9.36. The number of hydrazine groups is 1. The van der Waals surface area contributed by atoms with Gasteiger partial charge in [0.25, 0.3) is 0 Å². The van der Waals surface area contributed by atoms with E-state index in [0.717, 1.165) is 11.4 Å². The monoisotopic (exact) mass is 263 g/mol. The summed E-state index contributed by atoms with van der Waals surface area (Å²) in [6.07, 6.45) is 10.9. The summed E-state index contributed by atoms with van der Waals surface area (Å²) in [6.45, 7) is 0. The number of nitrogens with zero attached hydrogens (tertiary/aromatic N) is 1. The maximum absolute atomic E-state index is 5.80. The van der Waals surface area contributed by atoms with E-state index >= 15 is 0 Å². The average molecular weight is 263 g/mol. The van der Waals surface area contributed by atoms with Crippen molar-refractivity contribution in [2.24, 2.45) is 11.8 Å². The third-order valence-corrected chi connectivity index (χ3v) is 4.12. The summed E-state index contributed by atoms with van der Waals surface area (Å²) in [5, 5.41) is 0. The zero-order chi connectivity index (χ0) is 13.5. The molecule has 19 heavy (non-hydrogen) atoms. The highest BCUT2D eigenvalue weighted by atomic mass is 16.5. The summed E-state index contributed by atoms with van der Waals surface area (Å²) in [7, 11) is 1.69. The van der Waals surface area contributed by atoms with Gasteiger partial charge < -0.3 is 4.74 Å². The Kier molecular flexibility index (Phi) is 5.61. The fourth-order valence-electron chi connectivity index (χ4n) is 3.07. The predicted octanol–water partition coefficient (Wildman–Crippen LogP) is 2.96. The first-order valence-electron chi connectivity index (χ1n) is 7.32. The number of nitrogens with one attached hydrogen (secondary N) is 1. The number of hydrogen-bond acceptors (Lipinski definition) is 4. The highest BCUT2D eigenvalue weighted by molar-refractivity contribution is 5.29. The molecule has 1 aromatic heterocycles. The van der Waals surface area contributed by atoms with Crippen LogP contribution in [0.15, 0.2) is 18.3 Å². The van der Waals surface area contributed by atoms with Crippen molar-refractivity contribution in [2.75, 3.05) is 7.11 Å². The van der Waals surface area contributed by atoms with Crippen LogP contribution < -0.4 is 16.0 Å². The lowest BCUT2D eigenvalue weighted by atomic mass is 9.84. The van der Waals surface area contributed by atoms with Crippen molar-refractivity contribution < 1.29 is 4.74 Å². The molecule has 0 aliphatic heterocycles. The van der Waals surface area contributed by atoms with Gasteiger partial charge in [-0.1, -0.05) is 32.1 Å². The van der Waals surface area contributed by atoms with Gasteiger partial charge in [-0.3, -0.25) is 16.3 Å². The lowest BCUT2D eigenvalue weighted by Crippen LogP contribution is -2.34. The van der Waals surface area contributed by atoms with Gasteiger partial charge in [-0.2, -0.15) is 0 Å². The van der Waals surface area contributed by atoms with Crippen LogP contribution in [-0.2, 0) is 0 Å². The Morgan fingerprint density at radius 1 is 1.26 bits per heavy atom. The Hall–Kier alpha value is -1.13. The van der Waals surface area contributed by atoms with Crippen molar-refractivity contribution in [3.8, 4) is 5.75 Å². The SMILES string of the molecule is COc1cccnc1C(NN)C1CCCCCCC1. The van der Waals surface area contributed by atoms with Crippen molar-refractivity contribution in [1.82, 2.24) is 10.4 Å². The smallest absolute Gasteiger partial charge is 0.142 e. The van der Waals surface area contributed by atoms with Gasteiger partial charge >= 0.3 is 0 Å². The Labute approximate surface area is 115 Å². The Bertz CT molecular complexity index is 375. The molecule has 106 valence electrons. The van der Waals surface area contributed by atoms with Gasteiger partial charge in [0, 0.05) is 6.20 Å². The van der Waals surface area contributed by atoms with E-state index in [1.165, 1.54) is 44.9 Å². The van der Waals surface area contributed by atoms with Crippen molar-refractivity contribution in [2.45, 2.75) is 51.0 Å². The molecule has 1 aliphatic carbocycles. The quantitative estimate of drug-likeness (QED) is 0.647. The zero-order valence-electron chi connectivity index (χ0n) is 11.8. The second kappa shape index (κ2) is 7.46. The average Bonchev–Trinajstić information content (AvgIpc) is 2.42. The highest BCUT2D eigenvalue weighted by Gasteiger charge is 2.26. The summed E-state index contributed by atoms with van der Waals surface area (Å²) < 4.78 is 5.42. The van der Waals surface area contributed by atoms with Gasteiger partial charge in [0.15, 0.2) is 0 Å². The molecule has 1 aromatic rings. The van der Waals surface area contributed by atoms with E-state index in [2.05, 4.69) is 10.4 Å². The molecule has 0 bridgehead atoms. The number of aromatic nitrogens is 1. The van der Waals surface area contributed by atoms with E-state index in [1.54, 1.807) is 7.11 Å². The normalized spacial score (nSPS) is 19.5. The van der Waals surface area contributed by atoms with E-state index in [1.807, 2.05) is 18.3 Å². The van der Waals surface area contributed by atoms with Gasteiger partial charge in [0.05, 0.1) is 13.2 Å². The Balaban J connectivity index is 2.17. The third kappa shape index (κ3) is 3.67. The van der Waals surface area contributed by atoms with Gasteiger partial charge in [-0.05, 0) is 30.9 Å². The lowest BCUT2D eigenvalue weighted by molar-refractivity contribution is 0.278. The van der Waals surface area contributed by atoms with Crippen molar-refractivity contribution in [3.63, 3.8) is 0 Å². The minimum absolute atomic E-state index is 0.0919. The largest absolute Gasteiger partial charge is 0.495 e. The van der Waals surface area contributed by atoms with Gasteiger partial charge in [-0.15, -0.1) is 0 Å². The highest BCUT2D eigenvalue weighted by Crippen LogP contribution is 2.34. The van der Waals surface area contributed by atoms with E-state index in [4.69, 9.17) is 10.6 Å². The molecule has 3 N–H and O–H groups in total. The van der Waals surface area contributed by atoms with Gasteiger partial charge in [0.2, 0.25) is 0 Å². The van der Waals surface area contributed by atoms with Crippen LogP contribution in [0.2, 0.25) is 0 Å². The second-order valence-electron chi connectivity index (χ2n) is 5.34. The molecule has 0 aromatic carbocycles. The molecule has 2 rings (SSSR count). The fraction of sp³-hybridized carbons (Fsp3) is 0.667. The van der Waals surface area contributed by atoms with Crippen LogP contribution >= 0.6 is 0 Å². The van der Waals surface area contributed by atoms with Crippen LogP contribution in [-0.4, -0.2) is 12.1 Å². The number of methoxy groups -OCH3 is 1. The molecule has 4 nitrogen and oxygen atoms in total. The molecular formula is C15H25N3O. The Morgan fingerprint density at radius 2 is 1.95 bits per heavy atom. The van der Waals surface area contributed by atoms with E-state index in [0.29, 0.717) is 5.92 Å². The summed E-state index contributed by atoms with van der Waals surface area (Å²) in [4.78, 5) is 4.48. The molecular weight excluding hydrogens is 238 g/mol. The van der Waals surface area contributed by atoms with Crippen LogP contribution in [0.25, 0.3) is 0 Å². The third-order valence-electron chi connectivity index (χ3n) is 4.12. The molecule has 0 saturated heterocycles. The molecule has 0 radical (unpaired) electrons. The molecule has 1 saturated carbocycles. The van der Waals surface area contributed by atoms with Crippen LogP contribution in [0.1, 0.15) is 56.7 Å². The molecule has 1 unspecified atom stereocenters. The predicted molar refractivity (Wildman–Crippen MR) is 76.7 cm³/mol.